The van der Waals surface area contributed by atoms with Gasteiger partial charge in [0, 0.05) is 12.1 Å². The van der Waals surface area contributed by atoms with Crippen molar-refractivity contribution in [3.05, 3.63) is 34.1 Å². The third-order valence-electron chi connectivity index (χ3n) is 1.56. The molecule has 0 atom stereocenters. The van der Waals surface area contributed by atoms with E-state index in [1.54, 1.807) is 0 Å². The van der Waals surface area contributed by atoms with Gasteiger partial charge >= 0.3 is 0 Å². The summed E-state index contributed by atoms with van der Waals surface area (Å²) in [5.74, 6) is -1.23. The van der Waals surface area contributed by atoms with Gasteiger partial charge in [-0.3, -0.25) is 10.1 Å². The molecule has 0 aliphatic rings. The topological polar surface area (TPSA) is 107 Å². The van der Waals surface area contributed by atoms with E-state index in [0.29, 0.717) is 12.1 Å². The molecule has 1 aromatic carbocycles. The van der Waals surface area contributed by atoms with E-state index in [0.717, 1.165) is 12.1 Å². The molecule has 0 saturated carbocycles. The maximum atomic E-state index is 13.1. The lowest BCUT2D eigenvalue weighted by Crippen LogP contribution is -2.01. The Balaban J connectivity index is 3.50. The number of isocyanates is 1. The van der Waals surface area contributed by atoms with E-state index in [-0.39, 0.29) is 0 Å². The quantitative estimate of drug-likeness (QED) is 0.338. The van der Waals surface area contributed by atoms with E-state index in [4.69, 9.17) is 0 Å². The lowest BCUT2D eigenvalue weighted by Gasteiger charge is -1.98. The van der Waals surface area contributed by atoms with Crippen LogP contribution in [-0.2, 0) is 14.8 Å². The van der Waals surface area contributed by atoms with Crippen molar-refractivity contribution in [2.45, 2.75) is 4.90 Å². The number of nitro benzene ring substituents is 1. The van der Waals surface area contributed by atoms with Crippen LogP contribution in [0.25, 0.3) is 0 Å². The first-order chi connectivity index (χ1) is 7.38. The molecule has 0 aliphatic heterocycles. The molecule has 0 N–H and O–H groups in total. The Kier molecular flexibility index (Phi) is 3.11. The summed E-state index contributed by atoms with van der Waals surface area (Å²) >= 11 is 0. The molecule has 0 bridgehead atoms. The number of sulfonamides is 1. The molecule has 9 heteroatoms. The molecule has 1 rings (SSSR count). The zero-order chi connectivity index (χ0) is 12.3. The molecule has 0 saturated heterocycles. The van der Waals surface area contributed by atoms with Gasteiger partial charge in [-0.05, 0) is 6.07 Å². The number of hydrogen-bond acceptors (Lipinski definition) is 5. The Morgan fingerprint density at radius 1 is 1.44 bits per heavy atom. The summed E-state index contributed by atoms with van der Waals surface area (Å²) in [6.07, 6.45) is 0.733. The molecule has 0 fully saturated rings. The van der Waals surface area contributed by atoms with Gasteiger partial charge in [-0.15, -0.1) is 0 Å². The fourth-order valence-electron chi connectivity index (χ4n) is 0.902. The highest BCUT2D eigenvalue weighted by Gasteiger charge is 2.21. The molecule has 0 amide bonds. The molecule has 1 aromatic rings. The van der Waals surface area contributed by atoms with Crippen LogP contribution < -0.4 is 0 Å². The number of nitro groups is 1. The van der Waals surface area contributed by atoms with E-state index >= 15 is 0 Å². The van der Waals surface area contributed by atoms with Gasteiger partial charge in [-0.2, -0.15) is 8.42 Å². The Bertz CT molecular complexity index is 591. The number of benzene rings is 1. The van der Waals surface area contributed by atoms with Crippen LogP contribution in [0.5, 0.6) is 0 Å². The third-order valence-corrected chi connectivity index (χ3v) is 2.74. The lowest BCUT2D eigenvalue weighted by atomic mass is 10.3. The van der Waals surface area contributed by atoms with Crippen molar-refractivity contribution in [2.24, 2.45) is 4.40 Å². The largest absolute Gasteiger partial charge is 0.295 e. The normalized spacial score (nSPS) is 10.6. The Hall–Kier alpha value is -2.12. The fraction of sp³-hybridized carbons (Fsp3) is 0. The molecule has 7 nitrogen and oxygen atoms in total. The van der Waals surface area contributed by atoms with Crippen LogP contribution in [0.1, 0.15) is 0 Å². The van der Waals surface area contributed by atoms with Gasteiger partial charge in [0.25, 0.3) is 21.8 Å². The van der Waals surface area contributed by atoms with Crippen LogP contribution in [0.15, 0.2) is 27.5 Å². The van der Waals surface area contributed by atoms with Crippen LogP contribution in [0.2, 0.25) is 0 Å². The highest BCUT2D eigenvalue weighted by atomic mass is 32.2. The van der Waals surface area contributed by atoms with Gasteiger partial charge in [0.1, 0.15) is 10.7 Å². The SMILES string of the molecule is O=C=NS(=O)(=O)c1cc([N+](=O)[O-])ccc1F. The van der Waals surface area contributed by atoms with E-state index in [1.807, 2.05) is 0 Å². The molecule has 0 aliphatic carbocycles. The van der Waals surface area contributed by atoms with Crippen molar-refractivity contribution in [3.63, 3.8) is 0 Å². The molecular formula is C7H3FN2O5S. The van der Waals surface area contributed by atoms with Crippen LogP contribution in [0.3, 0.4) is 0 Å². The minimum Gasteiger partial charge on any atom is -0.258 e. The van der Waals surface area contributed by atoms with E-state index < -0.39 is 31.3 Å². The van der Waals surface area contributed by atoms with Gasteiger partial charge < -0.3 is 0 Å². The number of nitrogens with zero attached hydrogens (tertiary/aromatic N) is 2. The van der Waals surface area contributed by atoms with Crippen molar-refractivity contribution in [2.75, 3.05) is 0 Å². The van der Waals surface area contributed by atoms with Crippen molar-refractivity contribution >= 4 is 21.8 Å². The van der Waals surface area contributed by atoms with E-state index in [9.17, 15) is 27.7 Å². The average Bonchev–Trinajstić information content (AvgIpc) is 2.17. The summed E-state index contributed by atoms with van der Waals surface area (Å²) in [7, 11) is -4.58. The first-order valence-electron chi connectivity index (χ1n) is 3.66. The molecule has 16 heavy (non-hydrogen) atoms. The molecule has 0 aromatic heterocycles. The van der Waals surface area contributed by atoms with Crippen LogP contribution in [-0.4, -0.2) is 19.4 Å². The number of carbonyl (C=O) groups excluding carboxylic acids is 1. The average molecular weight is 246 g/mol. The first-order valence-corrected chi connectivity index (χ1v) is 5.10. The second-order valence-corrected chi connectivity index (χ2v) is 4.10. The number of rotatable bonds is 3. The van der Waals surface area contributed by atoms with Gasteiger partial charge in [0.2, 0.25) is 0 Å². The standard InChI is InChI=1S/C7H3FN2O5S/c8-6-2-1-5(10(12)13)3-7(6)16(14,15)9-4-11/h1-3H. The molecule has 0 spiro atoms. The predicted molar refractivity (Wildman–Crippen MR) is 48.4 cm³/mol. The Morgan fingerprint density at radius 3 is 2.56 bits per heavy atom. The van der Waals surface area contributed by atoms with Crippen molar-refractivity contribution in [1.29, 1.82) is 0 Å². The van der Waals surface area contributed by atoms with Crippen molar-refractivity contribution in [3.8, 4) is 0 Å². The number of non-ortho nitro benzene ring substituents is 1. The minimum atomic E-state index is -4.58. The summed E-state index contributed by atoms with van der Waals surface area (Å²) < 4.78 is 37.7. The summed E-state index contributed by atoms with van der Waals surface area (Å²) in [5, 5.41) is 10.3. The summed E-state index contributed by atoms with van der Waals surface area (Å²) in [4.78, 5) is 18.2. The van der Waals surface area contributed by atoms with Crippen LogP contribution >= 0.6 is 0 Å². The summed E-state index contributed by atoms with van der Waals surface area (Å²) in [6, 6.07) is 1.87. The van der Waals surface area contributed by atoms with Gasteiger partial charge in [0.05, 0.1) is 4.92 Å². The van der Waals surface area contributed by atoms with Crippen LogP contribution in [0, 0.1) is 15.9 Å². The smallest absolute Gasteiger partial charge is 0.258 e. The van der Waals surface area contributed by atoms with Crippen molar-refractivity contribution in [1.82, 2.24) is 0 Å². The van der Waals surface area contributed by atoms with Gasteiger partial charge in [0.15, 0.2) is 0 Å². The van der Waals surface area contributed by atoms with E-state index in [1.165, 1.54) is 0 Å². The highest BCUT2D eigenvalue weighted by molar-refractivity contribution is 7.90. The minimum absolute atomic E-state index is 0.478. The fourth-order valence-corrected chi connectivity index (χ4v) is 1.68. The van der Waals surface area contributed by atoms with E-state index in [2.05, 4.69) is 4.40 Å². The summed E-state index contributed by atoms with van der Waals surface area (Å²) in [5.41, 5.74) is -0.624. The zero-order valence-corrected chi connectivity index (χ0v) is 8.27. The molecule has 0 radical (unpaired) electrons. The highest BCUT2D eigenvalue weighted by Crippen LogP contribution is 2.22. The van der Waals surface area contributed by atoms with Crippen molar-refractivity contribution < 1.29 is 22.5 Å². The molecule has 84 valence electrons. The lowest BCUT2D eigenvalue weighted by molar-refractivity contribution is -0.385. The molecule has 0 heterocycles. The molecule has 0 unspecified atom stereocenters. The first kappa shape index (κ1) is 12.0. The monoisotopic (exact) mass is 246 g/mol. The number of halogens is 1. The predicted octanol–water partition coefficient (Wildman–Crippen LogP) is 0.758. The maximum Gasteiger partial charge on any atom is 0.295 e. The Morgan fingerprint density at radius 2 is 2.06 bits per heavy atom. The zero-order valence-electron chi connectivity index (χ0n) is 7.45. The Labute approximate surface area is 88.4 Å². The van der Waals surface area contributed by atoms with Crippen LogP contribution in [0.4, 0.5) is 10.1 Å². The second kappa shape index (κ2) is 4.17. The maximum absolute atomic E-state index is 13.1. The third kappa shape index (κ3) is 2.27. The van der Waals surface area contributed by atoms with Gasteiger partial charge in [-0.1, -0.05) is 4.40 Å². The van der Waals surface area contributed by atoms with Gasteiger partial charge in [-0.25, -0.2) is 9.18 Å². The second-order valence-electron chi connectivity index (χ2n) is 2.53. The number of hydrogen-bond donors (Lipinski definition) is 0. The summed E-state index contributed by atoms with van der Waals surface area (Å²) in [6.45, 7) is 0. The molecular weight excluding hydrogens is 243 g/mol.